The number of amides is 1. The molecule has 0 unspecified atom stereocenters. The van der Waals surface area contributed by atoms with Crippen molar-refractivity contribution in [3.05, 3.63) is 59.7 Å². The summed E-state index contributed by atoms with van der Waals surface area (Å²) < 4.78 is 40.9. The lowest BCUT2D eigenvalue weighted by Crippen LogP contribution is -2.49. The number of hydrogen-bond donors (Lipinski definition) is 2. The number of sulfonamides is 1. The highest BCUT2D eigenvalue weighted by Gasteiger charge is 2.28. The first-order valence-corrected chi connectivity index (χ1v) is 9.64. The van der Waals surface area contributed by atoms with Crippen molar-refractivity contribution >= 4 is 15.9 Å². The van der Waals surface area contributed by atoms with E-state index in [4.69, 9.17) is 0 Å². The number of rotatable bonds is 7. The number of halogens is 1. The number of aromatic nitrogens is 1. The van der Waals surface area contributed by atoms with Gasteiger partial charge in [-0.3, -0.25) is 9.78 Å². The zero-order chi connectivity index (χ0) is 19.3. The van der Waals surface area contributed by atoms with Gasteiger partial charge in [0, 0.05) is 18.9 Å². The third-order valence-corrected chi connectivity index (χ3v) is 5.30. The molecule has 0 saturated heterocycles. The molecule has 1 heterocycles. The van der Waals surface area contributed by atoms with Crippen molar-refractivity contribution in [2.75, 3.05) is 0 Å². The molecule has 0 spiro atoms. The third-order valence-electron chi connectivity index (χ3n) is 3.86. The van der Waals surface area contributed by atoms with Crippen LogP contribution >= 0.6 is 0 Å². The molecule has 0 aliphatic carbocycles. The predicted molar refractivity (Wildman–Crippen MR) is 96.2 cm³/mol. The van der Waals surface area contributed by atoms with Crippen LogP contribution in [0, 0.1) is 18.7 Å². The lowest BCUT2D eigenvalue weighted by atomic mass is 10.0. The summed E-state index contributed by atoms with van der Waals surface area (Å²) in [5, 5.41) is 2.71. The zero-order valence-electron chi connectivity index (χ0n) is 14.9. The first-order valence-electron chi connectivity index (χ1n) is 8.16. The van der Waals surface area contributed by atoms with Gasteiger partial charge in [-0.2, -0.15) is 4.72 Å². The summed E-state index contributed by atoms with van der Waals surface area (Å²) in [5.41, 5.74) is 1.02. The van der Waals surface area contributed by atoms with Crippen LogP contribution in [0.2, 0.25) is 0 Å². The van der Waals surface area contributed by atoms with Crippen molar-refractivity contribution in [3.63, 3.8) is 0 Å². The second kappa shape index (κ2) is 8.37. The van der Waals surface area contributed by atoms with Crippen LogP contribution in [-0.4, -0.2) is 25.4 Å². The zero-order valence-corrected chi connectivity index (χ0v) is 15.7. The summed E-state index contributed by atoms with van der Waals surface area (Å²) >= 11 is 0. The van der Waals surface area contributed by atoms with E-state index in [9.17, 15) is 17.6 Å². The highest BCUT2D eigenvalue weighted by atomic mass is 32.2. The van der Waals surface area contributed by atoms with Crippen LogP contribution in [0.25, 0.3) is 0 Å². The molecule has 8 heteroatoms. The Morgan fingerprint density at radius 2 is 2.00 bits per heavy atom. The van der Waals surface area contributed by atoms with E-state index in [0.29, 0.717) is 0 Å². The molecule has 140 valence electrons. The van der Waals surface area contributed by atoms with Crippen molar-refractivity contribution in [3.8, 4) is 0 Å². The minimum atomic E-state index is -3.96. The first kappa shape index (κ1) is 20.0. The Kier molecular flexibility index (Phi) is 6.44. The maximum Gasteiger partial charge on any atom is 0.241 e. The SMILES string of the molecule is Cc1cc(S(=O)(=O)N[C@H](C(=O)NCc2cccnc2)C(C)C)ccc1F. The molecule has 1 aromatic heterocycles. The molecule has 2 N–H and O–H groups in total. The van der Waals surface area contributed by atoms with Gasteiger partial charge in [-0.05, 0) is 48.2 Å². The Bertz CT molecular complexity index is 871. The molecule has 0 aliphatic heterocycles. The van der Waals surface area contributed by atoms with E-state index in [-0.39, 0.29) is 22.9 Å². The fourth-order valence-corrected chi connectivity index (χ4v) is 3.74. The van der Waals surface area contributed by atoms with Gasteiger partial charge in [0.1, 0.15) is 11.9 Å². The molecule has 2 rings (SSSR count). The molecular weight excluding hydrogens is 357 g/mol. The van der Waals surface area contributed by atoms with Gasteiger partial charge in [0.15, 0.2) is 0 Å². The smallest absolute Gasteiger partial charge is 0.241 e. The van der Waals surface area contributed by atoms with Crippen LogP contribution in [0.5, 0.6) is 0 Å². The Morgan fingerprint density at radius 3 is 2.58 bits per heavy atom. The number of carbonyl (C=O) groups excluding carboxylic acids is 1. The Morgan fingerprint density at radius 1 is 1.27 bits per heavy atom. The van der Waals surface area contributed by atoms with E-state index >= 15 is 0 Å². The van der Waals surface area contributed by atoms with E-state index in [1.807, 2.05) is 6.07 Å². The van der Waals surface area contributed by atoms with Gasteiger partial charge in [-0.1, -0.05) is 19.9 Å². The average Bonchev–Trinajstić information content (AvgIpc) is 2.60. The topological polar surface area (TPSA) is 88.2 Å². The van der Waals surface area contributed by atoms with Crippen molar-refractivity contribution in [1.29, 1.82) is 0 Å². The number of hydrogen-bond acceptors (Lipinski definition) is 4. The van der Waals surface area contributed by atoms with E-state index in [1.54, 1.807) is 32.3 Å². The number of benzene rings is 1. The Labute approximate surface area is 152 Å². The fourth-order valence-electron chi connectivity index (χ4n) is 2.31. The van der Waals surface area contributed by atoms with Crippen LogP contribution in [-0.2, 0) is 21.4 Å². The molecule has 0 radical (unpaired) electrons. The Hall–Kier alpha value is -2.32. The largest absolute Gasteiger partial charge is 0.351 e. The molecule has 1 amide bonds. The molecule has 1 aromatic carbocycles. The lowest BCUT2D eigenvalue weighted by Gasteiger charge is -2.22. The number of carbonyl (C=O) groups is 1. The molecular formula is C18H22FN3O3S. The van der Waals surface area contributed by atoms with E-state index < -0.39 is 27.8 Å². The van der Waals surface area contributed by atoms with Crippen LogP contribution in [0.15, 0.2) is 47.6 Å². The van der Waals surface area contributed by atoms with E-state index in [0.717, 1.165) is 11.6 Å². The number of nitrogens with zero attached hydrogens (tertiary/aromatic N) is 1. The van der Waals surface area contributed by atoms with Crippen molar-refractivity contribution in [2.24, 2.45) is 5.92 Å². The van der Waals surface area contributed by atoms with Gasteiger partial charge in [0.05, 0.1) is 4.90 Å². The minimum Gasteiger partial charge on any atom is -0.351 e. The monoisotopic (exact) mass is 379 g/mol. The quantitative estimate of drug-likeness (QED) is 0.772. The van der Waals surface area contributed by atoms with Gasteiger partial charge in [0.25, 0.3) is 0 Å². The van der Waals surface area contributed by atoms with Crippen LogP contribution in [0.4, 0.5) is 4.39 Å². The normalized spacial score (nSPS) is 12.8. The minimum absolute atomic E-state index is 0.0814. The van der Waals surface area contributed by atoms with E-state index in [1.165, 1.54) is 19.1 Å². The van der Waals surface area contributed by atoms with Gasteiger partial charge < -0.3 is 5.32 Å². The average molecular weight is 379 g/mol. The maximum absolute atomic E-state index is 13.4. The summed E-state index contributed by atoms with van der Waals surface area (Å²) in [5.74, 6) is -1.20. The molecule has 6 nitrogen and oxygen atoms in total. The molecule has 0 saturated carbocycles. The molecule has 26 heavy (non-hydrogen) atoms. The summed E-state index contributed by atoms with van der Waals surface area (Å²) in [6, 6.07) is 6.11. The summed E-state index contributed by atoms with van der Waals surface area (Å²) in [6.45, 7) is 5.21. The third kappa shape index (κ3) is 5.09. The number of aryl methyl sites for hydroxylation is 1. The number of nitrogens with one attached hydrogen (secondary N) is 2. The van der Waals surface area contributed by atoms with Gasteiger partial charge >= 0.3 is 0 Å². The second-order valence-corrected chi connectivity index (χ2v) is 8.05. The van der Waals surface area contributed by atoms with Crippen LogP contribution < -0.4 is 10.0 Å². The van der Waals surface area contributed by atoms with Crippen molar-refractivity contribution < 1.29 is 17.6 Å². The molecule has 0 fully saturated rings. The predicted octanol–water partition coefficient (Wildman–Crippen LogP) is 2.15. The highest BCUT2D eigenvalue weighted by molar-refractivity contribution is 7.89. The van der Waals surface area contributed by atoms with Gasteiger partial charge in [-0.25, -0.2) is 12.8 Å². The molecule has 2 aromatic rings. The van der Waals surface area contributed by atoms with E-state index in [2.05, 4.69) is 15.0 Å². The summed E-state index contributed by atoms with van der Waals surface area (Å²) in [4.78, 5) is 16.4. The summed E-state index contributed by atoms with van der Waals surface area (Å²) in [6.07, 6.45) is 3.25. The first-order chi connectivity index (χ1) is 12.2. The fraction of sp³-hybridized carbons (Fsp3) is 0.333. The standard InChI is InChI=1S/C18H22FN3O3S/c1-12(2)17(18(23)21-11-14-5-4-8-20-10-14)22-26(24,25)15-6-7-16(19)13(3)9-15/h4-10,12,17,22H,11H2,1-3H3,(H,21,23)/t17-/m0/s1. The van der Waals surface area contributed by atoms with Gasteiger partial charge in [0.2, 0.25) is 15.9 Å². The van der Waals surface area contributed by atoms with Crippen LogP contribution in [0.1, 0.15) is 25.0 Å². The van der Waals surface area contributed by atoms with Gasteiger partial charge in [-0.15, -0.1) is 0 Å². The highest BCUT2D eigenvalue weighted by Crippen LogP contribution is 2.16. The molecule has 0 aliphatic rings. The summed E-state index contributed by atoms with van der Waals surface area (Å²) in [7, 11) is -3.96. The van der Waals surface area contributed by atoms with Crippen LogP contribution in [0.3, 0.4) is 0 Å². The Balaban J connectivity index is 2.13. The molecule has 1 atom stereocenters. The lowest BCUT2D eigenvalue weighted by molar-refractivity contribution is -0.123. The molecule has 0 bridgehead atoms. The van der Waals surface area contributed by atoms with Crippen molar-refractivity contribution in [1.82, 2.24) is 15.0 Å². The number of pyridine rings is 1. The second-order valence-electron chi connectivity index (χ2n) is 6.33. The maximum atomic E-state index is 13.4. The van der Waals surface area contributed by atoms with Crippen molar-refractivity contribution in [2.45, 2.75) is 38.3 Å².